The highest BCUT2D eigenvalue weighted by Crippen LogP contribution is 2.13. The van der Waals surface area contributed by atoms with Crippen LogP contribution in [0.5, 0.6) is 0 Å². The molecule has 1 fully saturated rings. The lowest BCUT2D eigenvalue weighted by Gasteiger charge is -2.23. The Morgan fingerprint density at radius 3 is 3.00 bits per heavy atom. The Kier molecular flexibility index (Phi) is 4.70. The quantitative estimate of drug-likeness (QED) is 0.709. The summed E-state index contributed by atoms with van der Waals surface area (Å²) in [5.41, 5.74) is 5.52. The van der Waals surface area contributed by atoms with E-state index in [1.54, 1.807) is 0 Å². The van der Waals surface area contributed by atoms with Gasteiger partial charge in [-0.3, -0.25) is 0 Å². The van der Waals surface area contributed by atoms with Crippen LogP contribution in [-0.4, -0.2) is 43.8 Å². The lowest BCUT2D eigenvalue weighted by molar-refractivity contribution is -0.0112. The average molecular weight is 186 g/mol. The first kappa shape index (κ1) is 11.0. The van der Waals surface area contributed by atoms with Crippen LogP contribution >= 0.6 is 0 Å². The Morgan fingerprint density at radius 1 is 1.54 bits per heavy atom. The van der Waals surface area contributed by atoms with Gasteiger partial charge in [0.25, 0.3) is 0 Å². The molecule has 1 aliphatic rings. The smallest absolute Gasteiger partial charge is 0.0706 e. The number of nitrogens with two attached hydrogens (primary N) is 1. The van der Waals surface area contributed by atoms with Crippen molar-refractivity contribution in [2.75, 3.05) is 26.7 Å². The minimum atomic E-state index is 0.205. The zero-order valence-corrected chi connectivity index (χ0v) is 8.83. The summed E-state index contributed by atoms with van der Waals surface area (Å²) in [5, 5.41) is 0. The molecule has 0 aliphatic carbocycles. The summed E-state index contributed by atoms with van der Waals surface area (Å²) >= 11 is 0. The number of likely N-dealkylation sites (tertiary alicyclic amines) is 1. The first-order chi connectivity index (χ1) is 6.22. The second-order valence-electron chi connectivity index (χ2n) is 4.06. The maximum atomic E-state index is 5.82. The largest absolute Gasteiger partial charge is 0.373 e. The highest BCUT2D eigenvalue weighted by Gasteiger charge is 2.17. The minimum Gasteiger partial charge on any atom is -0.373 e. The van der Waals surface area contributed by atoms with Crippen molar-refractivity contribution < 1.29 is 4.74 Å². The van der Waals surface area contributed by atoms with Crippen molar-refractivity contribution in [1.82, 2.24) is 4.90 Å². The predicted octanol–water partition coefficient (Wildman–Crippen LogP) is 0.834. The van der Waals surface area contributed by atoms with Crippen LogP contribution in [-0.2, 0) is 4.74 Å². The van der Waals surface area contributed by atoms with Gasteiger partial charge in [0.15, 0.2) is 0 Å². The van der Waals surface area contributed by atoms with Gasteiger partial charge < -0.3 is 15.4 Å². The highest BCUT2D eigenvalue weighted by atomic mass is 16.5. The van der Waals surface area contributed by atoms with Crippen molar-refractivity contribution >= 4 is 0 Å². The third-order valence-electron chi connectivity index (χ3n) is 2.59. The van der Waals surface area contributed by atoms with Gasteiger partial charge in [-0.25, -0.2) is 0 Å². The van der Waals surface area contributed by atoms with Gasteiger partial charge in [-0.05, 0) is 39.8 Å². The molecular weight excluding hydrogens is 164 g/mol. The Labute approximate surface area is 81.2 Å². The predicted molar refractivity (Wildman–Crippen MR) is 54.7 cm³/mol. The molecule has 3 heteroatoms. The van der Waals surface area contributed by atoms with E-state index in [0.717, 1.165) is 6.54 Å². The van der Waals surface area contributed by atoms with Gasteiger partial charge in [-0.1, -0.05) is 0 Å². The summed E-state index contributed by atoms with van der Waals surface area (Å²) in [7, 11) is 2.16. The molecule has 2 atom stereocenters. The lowest BCUT2D eigenvalue weighted by Crippen LogP contribution is -2.33. The fraction of sp³-hybridized carbons (Fsp3) is 1.00. The van der Waals surface area contributed by atoms with Gasteiger partial charge in [0, 0.05) is 13.1 Å². The van der Waals surface area contributed by atoms with E-state index in [-0.39, 0.29) is 6.10 Å². The van der Waals surface area contributed by atoms with Crippen LogP contribution in [0.4, 0.5) is 0 Å². The van der Waals surface area contributed by atoms with Gasteiger partial charge in [-0.15, -0.1) is 0 Å². The Balaban J connectivity index is 2.30. The van der Waals surface area contributed by atoms with Gasteiger partial charge in [0.1, 0.15) is 0 Å². The molecular formula is C10H22N2O. The number of nitrogens with zero attached hydrogens (tertiary/aromatic N) is 1. The molecule has 2 unspecified atom stereocenters. The van der Waals surface area contributed by atoms with E-state index < -0.39 is 0 Å². The molecule has 0 saturated carbocycles. The van der Waals surface area contributed by atoms with Crippen LogP contribution in [0.3, 0.4) is 0 Å². The first-order valence-corrected chi connectivity index (χ1v) is 5.26. The molecule has 1 saturated heterocycles. The Morgan fingerprint density at radius 2 is 2.31 bits per heavy atom. The third-order valence-corrected chi connectivity index (χ3v) is 2.59. The van der Waals surface area contributed by atoms with E-state index in [2.05, 4.69) is 11.9 Å². The number of rotatable bonds is 3. The zero-order valence-electron chi connectivity index (χ0n) is 8.83. The van der Waals surface area contributed by atoms with E-state index in [1.165, 1.54) is 25.8 Å². The molecule has 1 rings (SSSR count). The minimum absolute atomic E-state index is 0.205. The van der Waals surface area contributed by atoms with Crippen molar-refractivity contribution in [1.29, 1.82) is 0 Å². The second kappa shape index (κ2) is 5.58. The summed E-state index contributed by atoms with van der Waals surface area (Å²) in [5.74, 6) is 0. The van der Waals surface area contributed by atoms with Gasteiger partial charge in [-0.2, -0.15) is 0 Å². The van der Waals surface area contributed by atoms with Crippen LogP contribution in [0.15, 0.2) is 0 Å². The molecule has 1 heterocycles. The molecule has 1 aliphatic heterocycles. The van der Waals surface area contributed by atoms with Crippen molar-refractivity contribution in [2.45, 2.75) is 38.4 Å². The fourth-order valence-electron chi connectivity index (χ4n) is 1.78. The van der Waals surface area contributed by atoms with E-state index in [0.29, 0.717) is 12.6 Å². The van der Waals surface area contributed by atoms with Crippen molar-refractivity contribution in [3.63, 3.8) is 0 Å². The summed E-state index contributed by atoms with van der Waals surface area (Å²) in [6.07, 6.45) is 4.37. The van der Waals surface area contributed by atoms with Crippen molar-refractivity contribution in [3.05, 3.63) is 0 Å². The van der Waals surface area contributed by atoms with Gasteiger partial charge in [0.05, 0.1) is 12.2 Å². The van der Waals surface area contributed by atoms with E-state index >= 15 is 0 Å². The van der Waals surface area contributed by atoms with Crippen molar-refractivity contribution in [2.24, 2.45) is 5.73 Å². The zero-order chi connectivity index (χ0) is 9.68. The van der Waals surface area contributed by atoms with E-state index in [1.807, 2.05) is 6.92 Å². The molecule has 0 bridgehead atoms. The number of likely N-dealkylation sites (N-methyl/N-ethyl adjacent to an activating group) is 1. The number of hydrogen-bond donors (Lipinski definition) is 1. The maximum absolute atomic E-state index is 5.82. The fourth-order valence-corrected chi connectivity index (χ4v) is 1.78. The topological polar surface area (TPSA) is 38.5 Å². The third kappa shape index (κ3) is 4.07. The molecule has 0 aromatic carbocycles. The molecule has 0 amide bonds. The van der Waals surface area contributed by atoms with Gasteiger partial charge >= 0.3 is 0 Å². The van der Waals surface area contributed by atoms with Crippen LogP contribution in [0, 0.1) is 0 Å². The number of ether oxygens (including phenoxy) is 1. The van der Waals surface area contributed by atoms with Crippen LogP contribution in [0.25, 0.3) is 0 Å². The van der Waals surface area contributed by atoms with Crippen LogP contribution in [0.2, 0.25) is 0 Å². The molecule has 78 valence electrons. The normalized spacial score (nSPS) is 28.4. The average Bonchev–Trinajstić information content (AvgIpc) is 2.30. The first-order valence-electron chi connectivity index (χ1n) is 5.26. The summed E-state index contributed by atoms with van der Waals surface area (Å²) in [6, 6.07) is 0. The second-order valence-corrected chi connectivity index (χ2v) is 4.06. The molecule has 2 N–H and O–H groups in total. The number of hydrogen-bond acceptors (Lipinski definition) is 3. The molecule has 0 aromatic heterocycles. The molecule has 0 spiro atoms. The molecule has 13 heavy (non-hydrogen) atoms. The van der Waals surface area contributed by atoms with Crippen LogP contribution < -0.4 is 5.73 Å². The highest BCUT2D eigenvalue weighted by molar-refractivity contribution is 4.70. The van der Waals surface area contributed by atoms with Crippen LogP contribution in [0.1, 0.15) is 26.2 Å². The molecule has 0 aromatic rings. The van der Waals surface area contributed by atoms with Crippen molar-refractivity contribution in [3.8, 4) is 0 Å². The molecule has 0 radical (unpaired) electrons. The summed E-state index contributed by atoms with van der Waals surface area (Å²) < 4.78 is 5.82. The monoisotopic (exact) mass is 186 g/mol. The maximum Gasteiger partial charge on any atom is 0.0706 e. The lowest BCUT2D eigenvalue weighted by atomic mass is 10.2. The summed E-state index contributed by atoms with van der Waals surface area (Å²) in [6.45, 7) is 4.94. The Bertz CT molecular complexity index is 141. The standard InChI is InChI=1S/C10H22N2O/c1-9(7-11)13-10-5-3-4-6-12(2)8-10/h9-10H,3-8,11H2,1-2H3. The van der Waals surface area contributed by atoms with Gasteiger partial charge in [0.2, 0.25) is 0 Å². The van der Waals surface area contributed by atoms with E-state index in [9.17, 15) is 0 Å². The van der Waals surface area contributed by atoms with E-state index in [4.69, 9.17) is 10.5 Å². The SMILES string of the molecule is CC(CN)OC1CCCCN(C)C1. The molecule has 3 nitrogen and oxygen atoms in total. The Hall–Kier alpha value is -0.120. The summed E-state index contributed by atoms with van der Waals surface area (Å²) in [4.78, 5) is 2.35.